The molecule has 0 atom stereocenters. The molecule has 0 saturated heterocycles. The summed E-state index contributed by atoms with van der Waals surface area (Å²) in [6.07, 6.45) is 3.36. The zero-order valence-corrected chi connectivity index (χ0v) is 10.7. The second-order valence-electron chi connectivity index (χ2n) is 4.08. The molecule has 0 unspecified atom stereocenters. The number of hydrogen-bond donors (Lipinski definition) is 1. The smallest absolute Gasteiger partial charge is 0.147 e. The van der Waals surface area contributed by atoms with E-state index < -0.39 is 0 Å². The first kappa shape index (κ1) is 12.4. The molecule has 4 nitrogen and oxygen atoms in total. The molecule has 2 aromatic rings. The van der Waals surface area contributed by atoms with Gasteiger partial charge in [0.25, 0.3) is 0 Å². The summed E-state index contributed by atoms with van der Waals surface area (Å²) in [4.78, 5) is 8.37. The van der Waals surface area contributed by atoms with Gasteiger partial charge in [-0.3, -0.25) is 4.98 Å². The fraction of sp³-hybridized carbons (Fsp3) is 0.286. The van der Waals surface area contributed by atoms with Gasteiger partial charge in [0.05, 0.1) is 12.2 Å². The Kier molecular flexibility index (Phi) is 4.12. The molecule has 0 spiro atoms. The first-order valence-corrected chi connectivity index (χ1v) is 5.96. The molecule has 94 valence electrons. The molecular formula is C14H17N3O. The van der Waals surface area contributed by atoms with Crippen LogP contribution in [0.4, 0.5) is 5.82 Å². The van der Waals surface area contributed by atoms with Crippen LogP contribution in [-0.2, 0) is 0 Å². The van der Waals surface area contributed by atoms with Gasteiger partial charge in [-0.15, -0.1) is 0 Å². The lowest BCUT2D eigenvalue weighted by atomic mass is 10.2. The monoisotopic (exact) mass is 243 g/mol. The van der Waals surface area contributed by atoms with Gasteiger partial charge < -0.3 is 10.1 Å². The number of benzene rings is 1. The molecule has 1 N–H and O–H groups in total. The number of aromatic nitrogens is 2. The molecule has 0 amide bonds. The minimum absolute atomic E-state index is 0.597. The standard InChI is InChI=1S/C14H17N3O/c1-11-4-3-5-13(10-11)18-9-8-17-14-12(2)15-6-7-16-14/h3-7,10H,8-9H2,1-2H3,(H,16,17). The molecule has 0 aliphatic rings. The van der Waals surface area contributed by atoms with Gasteiger partial charge in [-0.05, 0) is 31.5 Å². The number of anilines is 1. The van der Waals surface area contributed by atoms with Crippen LogP contribution in [0.5, 0.6) is 5.75 Å². The summed E-state index contributed by atoms with van der Waals surface area (Å²) in [6, 6.07) is 8.02. The van der Waals surface area contributed by atoms with Gasteiger partial charge in [0.1, 0.15) is 18.2 Å². The lowest BCUT2D eigenvalue weighted by Crippen LogP contribution is -2.13. The van der Waals surface area contributed by atoms with E-state index in [1.165, 1.54) is 5.56 Å². The van der Waals surface area contributed by atoms with Crippen LogP contribution in [0.25, 0.3) is 0 Å². The van der Waals surface area contributed by atoms with E-state index in [9.17, 15) is 0 Å². The molecule has 1 aromatic heterocycles. The lowest BCUT2D eigenvalue weighted by molar-refractivity contribution is 0.332. The fourth-order valence-corrected chi connectivity index (χ4v) is 1.62. The van der Waals surface area contributed by atoms with E-state index in [1.54, 1.807) is 12.4 Å². The van der Waals surface area contributed by atoms with Crippen molar-refractivity contribution in [1.29, 1.82) is 0 Å². The third-order valence-corrected chi connectivity index (χ3v) is 2.53. The Bertz CT molecular complexity index is 514. The van der Waals surface area contributed by atoms with Crippen LogP contribution < -0.4 is 10.1 Å². The molecule has 0 aliphatic heterocycles. The second-order valence-corrected chi connectivity index (χ2v) is 4.08. The average Bonchev–Trinajstić information content (AvgIpc) is 2.37. The molecule has 0 bridgehead atoms. The van der Waals surface area contributed by atoms with Crippen molar-refractivity contribution in [2.45, 2.75) is 13.8 Å². The van der Waals surface area contributed by atoms with Crippen molar-refractivity contribution in [3.05, 3.63) is 47.9 Å². The number of aryl methyl sites for hydroxylation is 2. The van der Waals surface area contributed by atoms with Crippen molar-refractivity contribution in [3.63, 3.8) is 0 Å². The fourth-order valence-electron chi connectivity index (χ4n) is 1.62. The quantitative estimate of drug-likeness (QED) is 0.820. The second kappa shape index (κ2) is 6.00. The Morgan fingerprint density at radius 3 is 2.78 bits per heavy atom. The first-order valence-electron chi connectivity index (χ1n) is 5.96. The SMILES string of the molecule is Cc1cccc(OCCNc2nccnc2C)c1. The van der Waals surface area contributed by atoms with E-state index >= 15 is 0 Å². The molecule has 0 radical (unpaired) electrons. The topological polar surface area (TPSA) is 47.0 Å². The summed E-state index contributed by atoms with van der Waals surface area (Å²) in [7, 11) is 0. The number of rotatable bonds is 5. The predicted molar refractivity (Wildman–Crippen MR) is 71.9 cm³/mol. The maximum Gasteiger partial charge on any atom is 0.147 e. The van der Waals surface area contributed by atoms with Crippen LogP contribution >= 0.6 is 0 Å². The van der Waals surface area contributed by atoms with Crippen molar-refractivity contribution in [3.8, 4) is 5.75 Å². The zero-order chi connectivity index (χ0) is 12.8. The van der Waals surface area contributed by atoms with Crippen LogP contribution in [0.3, 0.4) is 0 Å². The summed E-state index contributed by atoms with van der Waals surface area (Å²) in [6.45, 7) is 5.28. The molecule has 18 heavy (non-hydrogen) atoms. The van der Waals surface area contributed by atoms with Crippen LogP contribution in [0.2, 0.25) is 0 Å². The predicted octanol–water partition coefficient (Wildman–Crippen LogP) is 2.58. The maximum atomic E-state index is 5.64. The average molecular weight is 243 g/mol. The van der Waals surface area contributed by atoms with Crippen LogP contribution in [0.15, 0.2) is 36.7 Å². The lowest BCUT2D eigenvalue weighted by Gasteiger charge is -2.09. The minimum Gasteiger partial charge on any atom is -0.492 e. The van der Waals surface area contributed by atoms with Crippen molar-refractivity contribution in [2.24, 2.45) is 0 Å². The van der Waals surface area contributed by atoms with Gasteiger partial charge in [-0.1, -0.05) is 12.1 Å². The van der Waals surface area contributed by atoms with E-state index in [4.69, 9.17) is 4.74 Å². The Hall–Kier alpha value is -2.10. The molecule has 2 rings (SSSR count). The van der Waals surface area contributed by atoms with Gasteiger partial charge in [0.2, 0.25) is 0 Å². The summed E-state index contributed by atoms with van der Waals surface area (Å²) in [5.74, 6) is 1.71. The van der Waals surface area contributed by atoms with E-state index in [0.29, 0.717) is 13.2 Å². The normalized spacial score (nSPS) is 10.1. The number of nitrogens with zero attached hydrogens (tertiary/aromatic N) is 2. The number of ether oxygens (including phenoxy) is 1. The summed E-state index contributed by atoms with van der Waals surface area (Å²) in [5.41, 5.74) is 2.10. The van der Waals surface area contributed by atoms with Crippen LogP contribution in [0, 0.1) is 13.8 Å². The van der Waals surface area contributed by atoms with Gasteiger partial charge in [-0.25, -0.2) is 4.98 Å². The molecule has 0 fully saturated rings. The van der Waals surface area contributed by atoms with Crippen molar-refractivity contribution < 1.29 is 4.74 Å². The maximum absolute atomic E-state index is 5.64. The largest absolute Gasteiger partial charge is 0.492 e. The summed E-state index contributed by atoms with van der Waals surface area (Å²) in [5, 5.41) is 3.20. The van der Waals surface area contributed by atoms with Gasteiger partial charge in [0.15, 0.2) is 0 Å². The van der Waals surface area contributed by atoms with E-state index in [-0.39, 0.29) is 0 Å². The highest BCUT2D eigenvalue weighted by molar-refractivity contribution is 5.38. The minimum atomic E-state index is 0.597. The number of nitrogens with one attached hydrogen (secondary N) is 1. The van der Waals surface area contributed by atoms with Gasteiger partial charge in [0, 0.05) is 12.4 Å². The van der Waals surface area contributed by atoms with Crippen LogP contribution in [-0.4, -0.2) is 23.1 Å². The Morgan fingerprint density at radius 2 is 2.00 bits per heavy atom. The van der Waals surface area contributed by atoms with Crippen molar-refractivity contribution >= 4 is 5.82 Å². The highest BCUT2D eigenvalue weighted by Gasteiger charge is 1.98. The molecule has 0 saturated carbocycles. The Labute approximate surface area is 107 Å². The first-order chi connectivity index (χ1) is 8.75. The Morgan fingerprint density at radius 1 is 1.17 bits per heavy atom. The molecule has 0 aliphatic carbocycles. The third kappa shape index (κ3) is 3.45. The van der Waals surface area contributed by atoms with E-state index in [1.807, 2.05) is 38.1 Å². The number of hydrogen-bond acceptors (Lipinski definition) is 4. The summed E-state index contributed by atoms with van der Waals surface area (Å²) >= 11 is 0. The van der Waals surface area contributed by atoms with Gasteiger partial charge >= 0.3 is 0 Å². The van der Waals surface area contributed by atoms with Gasteiger partial charge in [-0.2, -0.15) is 0 Å². The Balaban J connectivity index is 1.78. The van der Waals surface area contributed by atoms with E-state index in [2.05, 4.69) is 15.3 Å². The van der Waals surface area contributed by atoms with Crippen molar-refractivity contribution in [2.75, 3.05) is 18.5 Å². The highest BCUT2D eigenvalue weighted by atomic mass is 16.5. The molecule has 1 heterocycles. The van der Waals surface area contributed by atoms with Crippen molar-refractivity contribution in [1.82, 2.24) is 9.97 Å². The highest BCUT2D eigenvalue weighted by Crippen LogP contribution is 2.12. The molecule has 4 heteroatoms. The summed E-state index contributed by atoms with van der Waals surface area (Å²) < 4.78 is 5.64. The third-order valence-electron chi connectivity index (χ3n) is 2.53. The van der Waals surface area contributed by atoms with E-state index in [0.717, 1.165) is 17.3 Å². The molecular weight excluding hydrogens is 226 g/mol. The van der Waals surface area contributed by atoms with Crippen LogP contribution in [0.1, 0.15) is 11.3 Å². The molecule has 1 aromatic carbocycles. The zero-order valence-electron chi connectivity index (χ0n) is 10.7.